The summed E-state index contributed by atoms with van der Waals surface area (Å²) < 4.78 is 16.0. The highest BCUT2D eigenvalue weighted by molar-refractivity contribution is 8.14. The first-order chi connectivity index (χ1) is 28.3. The van der Waals surface area contributed by atoms with Crippen LogP contribution in [0, 0.1) is 5.92 Å². The van der Waals surface area contributed by atoms with Gasteiger partial charge in [-0.05, 0) is 47.9 Å². The molecule has 0 spiro atoms. The van der Waals surface area contributed by atoms with Crippen LogP contribution < -0.4 is 10.6 Å². The molecule has 1 unspecified atom stereocenters. The fraction of sp³-hybridized carbons (Fsp3) is 0.386. The lowest BCUT2D eigenvalue weighted by Gasteiger charge is -2.42. The number of ketones is 1. The number of rotatable bonds is 20. The number of carbonyl (C=O) groups excluding carboxylic acids is 7. The number of alkyl carbamates (subject to hydrolysis) is 1. The number of methoxy groups -OCH3 is 1. The number of hydrogen-bond donors (Lipinski definition) is 3. The first-order valence-electron chi connectivity index (χ1n) is 19.4. The number of para-hydroxylation sites is 1. The van der Waals surface area contributed by atoms with Crippen molar-refractivity contribution in [3.8, 4) is 0 Å². The number of Topliss-reactive ketones (excluding diaryl/α,β-unsaturated/α-hetero) is 1. The van der Waals surface area contributed by atoms with Crippen LogP contribution in [0.1, 0.15) is 69.6 Å². The second-order valence-corrected chi connectivity index (χ2v) is 15.7. The van der Waals surface area contributed by atoms with Crippen LogP contribution in [-0.4, -0.2) is 81.7 Å². The second kappa shape index (κ2) is 22.3. The lowest BCUT2D eigenvalue weighted by Crippen LogP contribution is -2.72. The number of fused-ring (bicyclic) bond motifs is 1. The Bertz CT molecular complexity index is 2070. The number of ether oxygens (including phenoxy) is 3. The van der Waals surface area contributed by atoms with E-state index in [1.807, 2.05) is 19.9 Å². The number of thioether (sulfide) groups is 1. The number of nitrogens with one attached hydrogen (secondary N) is 3. The van der Waals surface area contributed by atoms with Crippen molar-refractivity contribution in [3.05, 3.63) is 108 Å². The number of aromatic amines is 1. The van der Waals surface area contributed by atoms with E-state index >= 15 is 9.59 Å². The number of aromatic nitrogens is 1. The van der Waals surface area contributed by atoms with Crippen molar-refractivity contribution in [3.63, 3.8) is 0 Å². The van der Waals surface area contributed by atoms with Crippen LogP contribution in [0.5, 0.6) is 0 Å². The first-order valence-corrected chi connectivity index (χ1v) is 20.3. The molecule has 0 radical (unpaired) electrons. The highest BCUT2D eigenvalue weighted by Crippen LogP contribution is 2.34. The molecule has 0 aliphatic carbocycles. The SMILES string of the molecule is CNC(=O)[C@@](Cc1c[nH]c2ccccc12)(C(=O)[C@H](CC(C)C)NC(=O)OCc1ccccc1)N(C(=O)OCc1ccccc1)C(=O)C(CCCCC(=O)OC)SC(C)=O. The fourth-order valence-corrected chi connectivity index (χ4v) is 7.62. The Kier molecular flexibility index (Phi) is 17.3. The zero-order chi connectivity index (χ0) is 43.0. The summed E-state index contributed by atoms with van der Waals surface area (Å²) in [6.45, 7) is 4.41. The lowest BCUT2D eigenvalue weighted by atomic mass is 9.78. The standard InChI is InChI=1S/C44H52N4O10S/c1-29(2)24-36(47-42(54)57-27-31-16-8-6-9-17-31)39(51)44(41(53)45-4,25-33-26-46-35-21-13-12-20-34(33)35)48(43(55)58-28-32-18-10-7-11-19-32)40(52)37(59-30(3)49)22-14-15-23-38(50)56-5/h6-13,16-21,26,29,36-37,46H,14-15,22-25,27-28H2,1-5H3,(H,45,53)(H,47,54)/t36-,37?,44+/m0/s1. The van der Waals surface area contributed by atoms with Gasteiger partial charge >= 0.3 is 18.2 Å². The average Bonchev–Trinajstić information content (AvgIpc) is 3.64. The highest BCUT2D eigenvalue weighted by atomic mass is 32.2. The number of carbonyl (C=O) groups is 7. The molecule has 0 aliphatic rings. The smallest absolute Gasteiger partial charge is 0.418 e. The number of H-pyrrole nitrogens is 1. The van der Waals surface area contributed by atoms with Gasteiger partial charge in [0, 0.05) is 43.9 Å². The molecular weight excluding hydrogens is 777 g/mol. The Morgan fingerprint density at radius 2 is 1.44 bits per heavy atom. The minimum absolute atomic E-state index is 0.0207. The zero-order valence-corrected chi connectivity index (χ0v) is 34.8. The van der Waals surface area contributed by atoms with Gasteiger partial charge in [0.1, 0.15) is 13.2 Å². The summed E-state index contributed by atoms with van der Waals surface area (Å²) in [5.41, 5.74) is -0.415. The van der Waals surface area contributed by atoms with Crippen molar-refractivity contribution in [2.45, 2.75) is 89.3 Å². The third-order valence-corrected chi connectivity index (χ3v) is 10.6. The van der Waals surface area contributed by atoms with E-state index in [4.69, 9.17) is 14.2 Å². The van der Waals surface area contributed by atoms with Gasteiger partial charge in [-0.1, -0.05) is 111 Å². The number of unbranched alkanes of at least 4 members (excludes halogenated alkanes) is 1. The molecule has 1 aromatic heterocycles. The van der Waals surface area contributed by atoms with Gasteiger partial charge in [-0.15, -0.1) is 0 Å². The molecular formula is C44H52N4O10S. The Morgan fingerprint density at radius 3 is 2.03 bits per heavy atom. The predicted octanol–water partition coefficient (Wildman–Crippen LogP) is 6.65. The molecule has 314 valence electrons. The molecule has 0 saturated heterocycles. The van der Waals surface area contributed by atoms with Crippen molar-refractivity contribution in [1.82, 2.24) is 20.5 Å². The first kappa shape index (κ1) is 45.7. The molecule has 1 heterocycles. The maximum absolute atomic E-state index is 15.6. The maximum atomic E-state index is 15.6. The third-order valence-electron chi connectivity index (χ3n) is 9.56. The summed E-state index contributed by atoms with van der Waals surface area (Å²) >= 11 is 0.631. The summed E-state index contributed by atoms with van der Waals surface area (Å²) in [7, 11) is 2.53. The van der Waals surface area contributed by atoms with Crippen molar-refractivity contribution in [2.75, 3.05) is 14.2 Å². The van der Waals surface area contributed by atoms with E-state index in [1.165, 1.54) is 21.1 Å². The number of benzene rings is 3. The molecule has 3 aromatic carbocycles. The van der Waals surface area contributed by atoms with Crippen LogP contribution in [0.3, 0.4) is 0 Å². The average molecular weight is 829 g/mol. The van der Waals surface area contributed by atoms with Gasteiger partial charge in [0.25, 0.3) is 5.91 Å². The number of amides is 4. The molecule has 3 atom stereocenters. The summed E-state index contributed by atoms with van der Waals surface area (Å²) in [5, 5.41) is 4.00. The Morgan fingerprint density at radius 1 is 0.831 bits per heavy atom. The van der Waals surface area contributed by atoms with Crippen LogP contribution in [0.2, 0.25) is 0 Å². The monoisotopic (exact) mass is 828 g/mol. The Hall–Kier alpha value is -5.96. The molecule has 14 nitrogen and oxygen atoms in total. The molecule has 4 rings (SSSR count). The topological polar surface area (TPSA) is 190 Å². The molecule has 0 bridgehead atoms. The molecule has 15 heteroatoms. The summed E-state index contributed by atoms with van der Waals surface area (Å²) in [4.78, 5) is 102. The van der Waals surface area contributed by atoms with Crippen LogP contribution in [0.4, 0.5) is 9.59 Å². The molecule has 4 amide bonds. The largest absolute Gasteiger partial charge is 0.469 e. The van der Waals surface area contributed by atoms with Gasteiger partial charge < -0.3 is 29.8 Å². The Balaban J connectivity index is 1.92. The summed E-state index contributed by atoms with van der Waals surface area (Å²) in [6.07, 6.45) is -0.729. The third kappa shape index (κ3) is 12.5. The van der Waals surface area contributed by atoms with Crippen LogP contribution >= 0.6 is 11.8 Å². The van der Waals surface area contributed by atoms with Crippen molar-refractivity contribution in [1.29, 1.82) is 0 Å². The minimum atomic E-state index is -2.71. The normalized spacial score (nSPS) is 13.1. The summed E-state index contributed by atoms with van der Waals surface area (Å²) in [5.74, 6) is -3.79. The molecule has 3 N–H and O–H groups in total. The summed E-state index contributed by atoms with van der Waals surface area (Å²) in [6, 6.07) is 23.2. The number of esters is 1. The second-order valence-electron chi connectivity index (χ2n) is 14.4. The number of hydrogen-bond acceptors (Lipinski definition) is 11. The minimum Gasteiger partial charge on any atom is -0.469 e. The van der Waals surface area contributed by atoms with Gasteiger partial charge in [-0.25, -0.2) is 14.5 Å². The quantitative estimate of drug-likeness (QED) is 0.0374. The van der Waals surface area contributed by atoms with Gasteiger partial charge in [-0.2, -0.15) is 0 Å². The van der Waals surface area contributed by atoms with E-state index in [2.05, 4.69) is 15.6 Å². The van der Waals surface area contributed by atoms with Crippen molar-refractivity contribution >= 4 is 63.5 Å². The Labute approximate surface area is 348 Å². The van der Waals surface area contributed by atoms with E-state index < -0.39 is 64.1 Å². The van der Waals surface area contributed by atoms with Crippen LogP contribution in [0.15, 0.2) is 91.1 Å². The van der Waals surface area contributed by atoms with Gasteiger partial charge in [0.05, 0.1) is 18.4 Å². The van der Waals surface area contributed by atoms with Gasteiger partial charge in [-0.3, -0.25) is 24.0 Å². The maximum Gasteiger partial charge on any atom is 0.418 e. The van der Waals surface area contributed by atoms with Gasteiger partial charge in [0.15, 0.2) is 16.4 Å². The zero-order valence-electron chi connectivity index (χ0n) is 34.0. The van der Waals surface area contributed by atoms with E-state index in [1.54, 1.807) is 85.1 Å². The van der Waals surface area contributed by atoms with Crippen molar-refractivity contribution in [2.24, 2.45) is 5.92 Å². The number of imide groups is 1. The van der Waals surface area contributed by atoms with Crippen LogP contribution in [0.25, 0.3) is 10.9 Å². The predicted molar refractivity (Wildman–Crippen MR) is 223 cm³/mol. The van der Waals surface area contributed by atoms with E-state index in [9.17, 15) is 24.0 Å². The van der Waals surface area contributed by atoms with Crippen LogP contribution in [-0.2, 0) is 57.8 Å². The van der Waals surface area contributed by atoms with Gasteiger partial charge in [0.2, 0.25) is 5.91 Å². The fourth-order valence-electron chi connectivity index (χ4n) is 6.72. The number of likely N-dealkylation sites (N-methyl/N-ethyl adjacent to an activating group) is 1. The van der Waals surface area contributed by atoms with E-state index in [0.29, 0.717) is 44.3 Å². The van der Waals surface area contributed by atoms with E-state index in [-0.39, 0.29) is 51.2 Å². The molecule has 0 fully saturated rings. The number of nitrogens with zero attached hydrogens (tertiary/aromatic N) is 1. The molecule has 0 saturated carbocycles. The molecule has 0 aliphatic heterocycles. The van der Waals surface area contributed by atoms with E-state index in [0.717, 1.165) is 0 Å². The molecule has 4 aromatic rings. The lowest BCUT2D eigenvalue weighted by molar-refractivity contribution is -0.154. The highest BCUT2D eigenvalue weighted by Gasteiger charge is 2.59. The molecule has 59 heavy (non-hydrogen) atoms. The van der Waals surface area contributed by atoms with Crippen molar-refractivity contribution < 1.29 is 47.8 Å².